The number of fused-ring (bicyclic) bond motifs is 4. The highest BCUT2D eigenvalue weighted by Gasteiger charge is 2.25. The van der Waals surface area contributed by atoms with Crippen LogP contribution in [0.15, 0.2) is 63.4 Å². The van der Waals surface area contributed by atoms with Gasteiger partial charge in [0.2, 0.25) is 11.7 Å². The minimum atomic E-state index is -0.0623. The molecule has 5 rings (SSSR count). The summed E-state index contributed by atoms with van der Waals surface area (Å²) >= 11 is 3.19. The fourth-order valence-electron chi connectivity index (χ4n) is 4.20. The van der Waals surface area contributed by atoms with Crippen molar-refractivity contribution >= 4 is 51.8 Å². The van der Waals surface area contributed by atoms with Crippen LogP contribution in [0.1, 0.15) is 26.7 Å². The molecule has 2 aromatic heterocycles. The Hall–Kier alpha value is -2.78. The normalized spacial score (nSPS) is 16.2. The Morgan fingerprint density at radius 1 is 1.15 bits per heavy atom. The molecule has 9 heteroatoms. The molecule has 0 spiro atoms. The molecule has 1 atom stereocenters. The average Bonchev–Trinajstić information content (AvgIpc) is 3.17. The van der Waals surface area contributed by atoms with E-state index in [1.807, 2.05) is 70.5 Å². The summed E-state index contributed by atoms with van der Waals surface area (Å²) < 4.78 is 3.57. The number of aromatic nitrogens is 4. The second kappa shape index (κ2) is 9.23. The summed E-state index contributed by atoms with van der Waals surface area (Å²) in [5.41, 5.74) is 1.67. The van der Waals surface area contributed by atoms with Crippen LogP contribution >= 0.6 is 23.5 Å². The van der Waals surface area contributed by atoms with E-state index in [4.69, 9.17) is 0 Å². The molecule has 33 heavy (non-hydrogen) atoms. The van der Waals surface area contributed by atoms with Crippen LogP contribution < -0.4 is 10.5 Å². The zero-order valence-corrected chi connectivity index (χ0v) is 20.2. The van der Waals surface area contributed by atoms with Crippen molar-refractivity contribution in [2.45, 2.75) is 48.5 Å². The summed E-state index contributed by atoms with van der Waals surface area (Å²) in [5, 5.41) is 10.4. The second-order valence-corrected chi connectivity index (χ2v) is 10.5. The highest BCUT2D eigenvalue weighted by molar-refractivity contribution is 8.00. The van der Waals surface area contributed by atoms with Crippen LogP contribution in [-0.4, -0.2) is 42.6 Å². The van der Waals surface area contributed by atoms with Crippen LogP contribution in [0.3, 0.4) is 0 Å². The van der Waals surface area contributed by atoms with Crippen LogP contribution in [0.2, 0.25) is 0 Å². The van der Waals surface area contributed by atoms with E-state index >= 15 is 0 Å². The van der Waals surface area contributed by atoms with E-state index in [1.54, 1.807) is 4.57 Å². The highest BCUT2D eigenvalue weighted by Crippen LogP contribution is 2.37. The minimum absolute atomic E-state index is 0.0464. The lowest BCUT2D eigenvalue weighted by atomic mass is 10.2. The van der Waals surface area contributed by atoms with Crippen molar-refractivity contribution in [3.05, 3.63) is 58.9 Å². The van der Waals surface area contributed by atoms with Crippen molar-refractivity contribution in [2.24, 2.45) is 0 Å². The largest absolute Gasteiger partial charge is 0.311 e. The molecule has 1 unspecified atom stereocenters. The quantitative estimate of drug-likeness (QED) is 0.394. The number of amides is 1. The van der Waals surface area contributed by atoms with Gasteiger partial charge in [0.25, 0.3) is 5.56 Å². The molecule has 1 aliphatic heterocycles. The van der Waals surface area contributed by atoms with Gasteiger partial charge in [0, 0.05) is 23.2 Å². The Morgan fingerprint density at radius 2 is 1.94 bits per heavy atom. The second-order valence-electron chi connectivity index (χ2n) is 8.11. The number of para-hydroxylation sites is 2. The summed E-state index contributed by atoms with van der Waals surface area (Å²) in [6, 6.07) is 15.6. The predicted molar refractivity (Wildman–Crippen MR) is 134 cm³/mol. The maximum atomic E-state index is 13.3. The molecule has 0 saturated carbocycles. The number of rotatable bonds is 5. The third-order valence-electron chi connectivity index (χ3n) is 5.79. The van der Waals surface area contributed by atoms with Crippen molar-refractivity contribution in [3.8, 4) is 0 Å². The number of hydrogen-bond acceptors (Lipinski definition) is 6. The molecule has 0 aliphatic carbocycles. The summed E-state index contributed by atoms with van der Waals surface area (Å²) in [5.74, 6) is 0.806. The van der Waals surface area contributed by atoms with E-state index in [0.29, 0.717) is 34.7 Å². The Balaban J connectivity index is 1.48. The van der Waals surface area contributed by atoms with Gasteiger partial charge in [0.1, 0.15) is 0 Å². The number of carbonyl (C=O) groups excluding carboxylic acids is 1. The highest BCUT2D eigenvalue weighted by atomic mass is 32.2. The minimum Gasteiger partial charge on any atom is -0.311 e. The summed E-state index contributed by atoms with van der Waals surface area (Å²) in [7, 11) is 0. The Labute approximate surface area is 200 Å². The van der Waals surface area contributed by atoms with Gasteiger partial charge in [-0.25, -0.2) is 0 Å². The van der Waals surface area contributed by atoms with Crippen LogP contribution in [-0.2, 0) is 11.3 Å². The zero-order valence-electron chi connectivity index (χ0n) is 18.6. The number of benzene rings is 2. The lowest BCUT2D eigenvalue weighted by molar-refractivity contribution is -0.116. The van der Waals surface area contributed by atoms with Crippen LogP contribution in [0.5, 0.6) is 0 Å². The number of hydrogen-bond donors (Lipinski definition) is 0. The first-order valence-corrected chi connectivity index (χ1v) is 13.0. The Kier molecular flexibility index (Phi) is 6.16. The van der Waals surface area contributed by atoms with Gasteiger partial charge < -0.3 is 4.90 Å². The van der Waals surface area contributed by atoms with Gasteiger partial charge in [-0.15, -0.1) is 22.0 Å². The maximum absolute atomic E-state index is 13.3. The topological polar surface area (TPSA) is 72.5 Å². The van der Waals surface area contributed by atoms with Crippen LogP contribution in [0.25, 0.3) is 16.7 Å². The molecule has 0 bridgehead atoms. The number of carbonyl (C=O) groups is 1. The summed E-state index contributed by atoms with van der Waals surface area (Å²) in [4.78, 5) is 29.4. The fourth-order valence-corrected chi connectivity index (χ4v) is 6.13. The van der Waals surface area contributed by atoms with E-state index < -0.39 is 0 Å². The van der Waals surface area contributed by atoms with Crippen molar-refractivity contribution in [1.29, 1.82) is 0 Å². The van der Waals surface area contributed by atoms with Gasteiger partial charge >= 0.3 is 0 Å². The van der Waals surface area contributed by atoms with Crippen molar-refractivity contribution < 1.29 is 4.79 Å². The van der Waals surface area contributed by atoms with E-state index in [9.17, 15) is 9.59 Å². The number of aryl methyl sites for hydroxylation is 1. The van der Waals surface area contributed by atoms with E-state index in [1.165, 1.54) is 11.8 Å². The predicted octanol–water partition coefficient (Wildman–Crippen LogP) is 4.46. The van der Waals surface area contributed by atoms with Crippen LogP contribution in [0.4, 0.5) is 5.69 Å². The van der Waals surface area contributed by atoms with Gasteiger partial charge in [0.15, 0.2) is 5.16 Å². The molecule has 4 aromatic rings. The monoisotopic (exact) mass is 479 g/mol. The van der Waals surface area contributed by atoms with Crippen molar-refractivity contribution in [2.75, 3.05) is 17.2 Å². The molecule has 0 N–H and O–H groups in total. The van der Waals surface area contributed by atoms with Gasteiger partial charge in [-0.2, -0.15) is 0 Å². The third kappa shape index (κ3) is 4.04. The fraction of sp³-hybridized carbons (Fsp3) is 0.333. The van der Waals surface area contributed by atoms with Gasteiger partial charge in [0.05, 0.1) is 22.3 Å². The van der Waals surface area contributed by atoms with Gasteiger partial charge in [-0.3, -0.25) is 18.6 Å². The molecule has 0 fully saturated rings. The number of thioether (sulfide) groups is 2. The lowest BCUT2D eigenvalue weighted by Gasteiger charge is -2.22. The van der Waals surface area contributed by atoms with E-state index in [0.717, 1.165) is 28.9 Å². The lowest BCUT2D eigenvalue weighted by Crippen LogP contribution is -2.33. The molecule has 7 nitrogen and oxygen atoms in total. The molecule has 170 valence electrons. The number of nitrogens with zero attached hydrogens (tertiary/aromatic N) is 5. The van der Waals surface area contributed by atoms with Crippen molar-refractivity contribution in [3.63, 3.8) is 0 Å². The van der Waals surface area contributed by atoms with E-state index in [-0.39, 0.29) is 17.2 Å². The SMILES string of the molecule is CCCn1c(=O)c2ccccc2n2c(SCC(=O)N3CCC(C)Sc4ccccc43)nnc12. The molecule has 3 heterocycles. The first-order chi connectivity index (χ1) is 16.1. The zero-order chi connectivity index (χ0) is 22.9. The molecule has 2 aromatic carbocycles. The average molecular weight is 480 g/mol. The maximum Gasteiger partial charge on any atom is 0.262 e. The summed E-state index contributed by atoms with van der Waals surface area (Å²) in [6.07, 6.45) is 1.75. The van der Waals surface area contributed by atoms with E-state index in [2.05, 4.69) is 23.2 Å². The van der Waals surface area contributed by atoms with Gasteiger partial charge in [-0.1, -0.05) is 49.9 Å². The molecular formula is C24H25N5O2S2. The molecule has 0 radical (unpaired) electrons. The Morgan fingerprint density at radius 3 is 2.79 bits per heavy atom. The molecule has 1 aliphatic rings. The summed E-state index contributed by atoms with van der Waals surface area (Å²) in [6.45, 7) is 5.49. The first-order valence-electron chi connectivity index (χ1n) is 11.1. The number of anilines is 1. The smallest absolute Gasteiger partial charge is 0.262 e. The third-order valence-corrected chi connectivity index (χ3v) is 7.95. The van der Waals surface area contributed by atoms with Crippen LogP contribution in [0, 0.1) is 0 Å². The van der Waals surface area contributed by atoms with Gasteiger partial charge in [-0.05, 0) is 37.1 Å². The molecule has 1 amide bonds. The molecular weight excluding hydrogens is 454 g/mol. The molecule has 0 saturated heterocycles. The first kappa shape index (κ1) is 22.0. The standard InChI is InChI=1S/C24H25N5O2S2/c1-3-13-28-22(31)17-8-4-5-9-18(17)29-23(28)25-26-24(29)32-15-21(30)27-14-12-16(2)33-20-11-7-6-10-19(20)27/h4-11,16H,3,12-15H2,1-2H3. The Bertz CT molecular complexity index is 1400. The van der Waals surface area contributed by atoms with Crippen molar-refractivity contribution in [1.82, 2.24) is 19.2 Å².